The molecule has 2 rings (SSSR count). The molecule has 0 saturated carbocycles. The second-order valence-electron chi connectivity index (χ2n) is 4.13. The van der Waals surface area contributed by atoms with Crippen LogP contribution < -0.4 is 5.32 Å². The molecule has 0 amide bonds. The van der Waals surface area contributed by atoms with Crippen LogP contribution in [0.25, 0.3) is 0 Å². The zero-order valence-electron chi connectivity index (χ0n) is 8.79. The minimum absolute atomic E-state index is 0.0743. The van der Waals surface area contributed by atoms with Crippen molar-refractivity contribution in [3.8, 4) is 0 Å². The van der Waals surface area contributed by atoms with Crippen LogP contribution in [0.4, 0.5) is 5.69 Å². The second kappa shape index (κ2) is 3.12. The molecule has 0 bridgehead atoms. The molecule has 14 heavy (non-hydrogen) atoms. The van der Waals surface area contributed by atoms with Crippen molar-refractivity contribution in [3.05, 3.63) is 29.3 Å². The lowest BCUT2D eigenvalue weighted by Crippen LogP contribution is -2.35. The van der Waals surface area contributed by atoms with Crippen molar-refractivity contribution in [2.24, 2.45) is 5.92 Å². The van der Waals surface area contributed by atoms with Gasteiger partial charge in [0.25, 0.3) is 0 Å². The van der Waals surface area contributed by atoms with Crippen molar-refractivity contribution in [1.82, 2.24) is 0 Å². The molecule has 1 aromatic carbocycles. The van der Waals surface area contributed by atoms with Gasteiger partial charge in [0.05, 0.1) is 0 Å². The molecule has 1 aliphatic rings. The summed E-state index contributed by atoms with van der Waals surface area (Å²) in [5, 5.41) is 3.36. The van der Waals surface area contributed by atoms with Crippen LogP contribution in [-0.2, 0) is 0 Å². The van der Waals surface area contributed by atoms with Gasteiger partial charge in [-0.1, -0.05) is 13.0 Å². The minimum Gasteiger partial charge on any atom is -0.381 e. The first-order valence-electron chi connectivity index (χ1n) is 5.01. The van der Waals surface area contributed by atoms with Gasteiger partial charge in [0, 0.05) is 23.2 Å². The molecule has 0 spiro atoms. The lowest BCUT2D eigenvalue weighted by molar-refractivity contribution is 0.0915. The maximum atomic E-state index is 11.9. The molecule has 1 aromatic rings. The van der Waals surface area contributed by atoms with E-state index in [1.807, 2.05) is 39.0 Å². The Morgan fingerprint density at radius 2 is 2.00 bits per heavy atom. The Labute approximate surface area is 84.3 Å². The van der Waals surface area contributed by atoms with Crippen LogP contribution in [0, 0.1) is 12.8 Å². The van der Waals surface area contributed by atoms with Crippen LogP contribution in [0.2, 0.25) is 0 Å². The number of anilines is 1. The summed E-state index contributed by atoms with van der Waals surface area (Å²) in [6.07, 6.45) is 0. The number of aryl methyl sites for hydroxylation is 1. The zero-order valence-corrected chi connectivity index (χ0v) is 8.79. The molecule has 0 fully saturated rings. The van der Waals surface area contributed by atoms with E-state index in [9.17, 15) is 4.79 Å². The van der Waals surface area contributed by atoms with Gasteiger partial charge in [-0.25, -0.2) is 0 Å². The molecule has 1 heterocycles. The third-order valence-electron chi connectivity index (χ3n) is 2.99. The molecular weight excluding hydrogens is 174 g/mol. The molecule has 0 radical (unpaired) electrons. The molecule has 2 atom stereocenters. The summed E-state index contributed by atoms with van der Waals surface area (Å²) < 4.78 is 0. The Hall–Kier alpha value is -1.31. The van der Waals surface area contributed by atoms with Crippen molar-refractivity contribution in [2.75, 3.05) is 5.32 Å². The fraction of sp³-hybridized carbons (Fsp3) is 0.417. The second-order valence-corrected chi connectivity index (χ2v) is 4.13. The lowest BCUT2D eigenvalue weighted by Gasteiger charge is -2.29. The van der Waals surface area contributed by atoms with Crippen LogP contribution in [0.1, 0.15) is 29.8 Å². The maximum absolute atomic E-state index is 11.9. The SMILES string of the molecule is Cc1ccc2c(c1)NC(C)C(C)C2=O. The van der Waals surface area contributed by atoms with Gasteiger partial charge in [-0.2, -0.15) is 0 Å². The van der Waals surface area contributed by atoms with Crippen molar-refractivity contribution in [2.45, 2.75) is 26.8 Å². The van der Waals surface area contributed by atoms with Crippen LogP contribution in [0.5, 0.6) is 0 Å². The monoisotopic (exact) mass is 189 g/mol. The Balaban J connectivity index is 2.51. The number of rotatable bonds is 0. The fourth-order valence-electron chi connectivity index (χ4n) is 1.83. The summed E-state index contributed by atoms with van der Waals surface area (Å²) in [4.78, 5) is 11.9. The first-order chi connectivity index (χ1) is 6.59. The smallest absolute Gasteiger partial charge is 0.169 e. The van der Waals surface area contributed by atoms with Gasteiger partial charge in [-0.15, -0.1) is 0 Å². The average Bonchev–Trinajstić information content (AvgIpc) is 2.14. The number of hydrogen-bond acceptors (Lipinski definition) is 2. The summed E-state index contributed by atoms with van der Waals surface area (Å²) in [5.74, 6) is 0.330. The Morgan fingerprint density at radius 1 is 1.29 bits per heavy atom. The molecular formula is C12H15NO. The van der Waals surface area contributed by atoms with E-state index in [1.54, 1.807) is 0 Å². The van der Waals surface area contributed by atoms with Crippen molar-refractivity contribution in [3.63, 3.8) is 0 Å². The highest BCUT2D eigenvalue weighted by Gasteiger charge is 2.28. The van der Waals surface area contributed by atoms with Gasteiger partial charge in [0.2, 0.25) is 0 Å². The Morgan fingerprint density at radius 3 is 2.71 bits per heavy atom. The van der Waals surface area contributed by atoms with Gasteiger partial charge in [-0.3, -0.25) is 4.79 Å². The predicted octanol–water partition coefficient (Wildman–Crippen LogP) is 2.63. The largest absolute Gasteiger partial charge is 0.381 e. The van der Waals surface area contributed by atoms with Gasteiger partial charge >= 0.3 is 0 Å². The van der Waals surface area contributed by atoms with Crippen molar-refractivity contribution >= 4 is 11.5 Å². The van der Waals surface area contributed by atoms with Gasteiger partial charge in [0.15, 0.2) is 5.78 Å². The summed E-state index contributed by atoms with van der Waals surface area (Å²) in [6.45, 7) is 6.06. The molecule has 0 aromatic heterocycles. The van der Waals surface area contributed by atoms with E-state index in [2.05, 4.69) is 5.32 Å². The van der Waals surface area contributed by atoms with Crippen molar-refractivity contribution in [1.29, 1.82) is 0 Å². The Bertz CT molecular complexity index is 384. The highest BCUT2D eigenvalue weighted by molar-refractivity contribution is 6.04. The molecule has 2 nitrogen and oxygen atoms in total. The van der Waals surface area contributed by atoms with E-state index in [1.165, 1.54) is 5.56 Å². The van der Waals surface area contributed by atoms with Crippen LogP contribution in [0.3, 0.4) is 0 Å². The molecule has 0 saturated heterocycles. The molecule has 2 heteroatoms. The van der Waals surface area contributed by atoms with E-state index >= 15 is 0 Å². The number of hydrogen-bond donors (Lipinski definition) is 1. The molecule has 0 aliphatic carbocycles. The lowest BCUT2D eigenvalue weighted by atomic mass is 9.88. The average molecular weight is 189 g/mol. The number of nitrogens with one attached hydrogen (secondary N) is 1. The third-order valence-corrected chi connectivity index (χ3v) is 2.99. The van der Waals surface area contributed by atoms with Crippen LogP contribution in [-0.4, -0.2) is 11.8 Å². The normalized spacial score (nSPS) is 25.5. The number of carbonyl (C=O) groups excluding carboxylic acids is 1. The zero-order chi connectivity index (χ0) is 10.3. The quantitative estimate of drug-likeness (QED) is 0.679. The maximum Gasteiger partial charge on any atom is 0.169 e. The number of ketones is 1. The minimum atomic E-state index is 0.0743. The predicted molar refractivity (Wildman–Crippen MR) is 57.8 cm³/mol. The fourth-order valence-corrected chi connectivity index (χ4v) is 1.83. The Kier molecular flexibility index (Phi) is 2.06. The van der Waals surface area contributed by atoms with Crippen molar-refractivity contribution < 1.29 is 4.79 Å². The highest BCUT2D eigenvalue weighted by atomic mass is 16.1. The third kappa shape index (κ3) is 1.31. The summed E-state index contributed by atoms with van der Waals surface area (Å²) in [7, 11) is 0. The topological polar surface area (TPSA) is 29.1 Å². The first-order valence-corrected chi connectivity index (χ1v) is 5.01. The van der Waals surface area contributed by atoms with E-state index in [0.717, 1.165) is 11.3 Å². The first kappa shape index (κ1) is 9.25. The number of fused-ring (bicyclic) bond motifs is 1. The van der Waals surface area contributed by atoms with E-state index in [-0.39, 0.29) is 17.7 Å². The number of benzene rings is 1. The van der Waals surface area contributed by atoms with E-state index in [4.69, 9.17) is 0 Å². The summed E-state index contributed by atoms with van der Waals surface area (Å²) >= 11 is 0. The summed E-state index contributed by atoms with van der Waals surface area (Å²) in [5.41, 5.74) is 3.01. The molecule has 74 valence electrons. The van der Waals surface area contributed by atoms with Crippen LogP contribution >= 0.6 is 0 Å². The standard InChI is InChI=1S/C12H15NO/c1-7-4-5-10-11(6-7)13-9(3)8(2)12(10)14/h4-6,8-9,13H,1-3H3. The van der Waals surface area contributed by atoms with Gasteiger partial charge in [-0.05, 0) is 31.5 Å². The molecule has 2 unspecified atom stereocenters. The molecule has 1 aliphatic heterocycles. The van der Waals surface area contributed by atoms with E-state index < -0.39 is 0 Å². The van der Waals surface area contributed by atoms with E-state index in [0.29, 0.717) is 0 Å². The number of carbonyl (C=O) groups is 1. The highest BCUT2D eigenvalue weighted by Crippen LogP contribution is 2.28. The van der Waals surface area contributed by atoms with Gasteiger partial charge < -0.3 is 5.32 Å². The van der Waals surface area contributed by atoms with Crippen LogP contribution in [0.15, 0.2) is 18.2 Å². The number of Topliss-reactive ketones (excluding diaryl/α,β-unsaturated/α-hetero) is 1. The summed E-state index contributed by atoms with van der Waals surface area (Å²) in [6, 6.07) is 6.18. The van der Waals surface area contributed by atoms with Gasteiger partial charge in [0.1, 0.15) is 0 Å². The molecule has 1 N–H and O–H groups in total.